The highest BCUT2D eigenvalue weighted by atomic mass is 32.1. The van der Waals surface area contributed by atoms with Crippen LogP contribution in [0.25, 0.3) is 17.1 Å². The Bertz CT molecular complexity index is 1410. The first kappa shape index (κ1) is 25.9. The normalized spacial score (nSPS) is 14.3. The van der Waals surface area contributed by atoms with Gasteiger partial charge in [-0.1, -0.05) is 61.5 Å². The summed E-state index contributed by atoms with van der Waals surface area (Å²) >= 11 is 1.56. The molecule has 0 aliphatic carbocycles. The number of esters is 1. The number of piperazine rings is 1. The van der Waals surface area contributed by atoms with Gasteiger partial charge in [0.25, 0.3) is 0 Å². The Morgan fingerprint density at radius 1 is 1.00 bits per heavy atom. The average molecular weight is 528 g/mol. The predicted molar refractivity (Wildman–Crippen MR) is 157 cm³/mol. The van der Waals surface area contributed by atoms with Crippen molar-refractivity contribution in [2.45, 2.75) is 20.3 Å². The van der Waals surface area contributed by atoms with Crippen LogP contribution < -0.4 is 10.2 Å². The molecule has 0 radical (unpaired) electrons. The van der Waals surface area contributed by atoms with Crippen LogP contribution in [0.15, 0.2) is 66.7 Å². The standard InChI is InChI=1S/C30H33N5O2S/c1-3-23-21-24(30(36)37-4-2)29(38-23)33-27-28(32-26-15-9-8-14-25(26)31-27)35-19-17-34(18-20-35)16-10-13-22-11-6-5-7-12-22/h5-15,21H,3-4,16-20H2,1-2H3,(H,31,33)/b13-10+. The fourth-order valence-electron chi connectivity index (χ4n) is 4.52. The monoisotopic (exact) mass is 527 g/mol. The summed E-state index contributed by atoms with van der Waals surface area (Å²) in [5.41, 5.74) is 3.43. The van der Waals surface area contributed by atoms with Crippen molar-refractivity contribution in [1.29, 1.82) is 0 Å². The van der Waals surface area contributed by atoms with E-state index in [2.05, 4.69) is 58.5 Å². The molecule has 7 nitrogen and oxygen atoms in total. The second kappa shape index (κ2) is 12.2. The van der Waals surface area contributed by atoms with Gasteiger partial charge >= 0.3 is 5.97 Å². The van der Waals surface area contributed by atoms with E-state index in [4.69, 9.17) is 14.7 Å². The molecule has 0 bridgehead atoms. The van der Waals surface area contributed by atoms with Crippen molar-refractivity contribution in [3.8, 4) is 0 Å². The van der Waals surface area contributed by atoms with Crippen molar-refractivity contribution in [3.63, 3.8) is 0 Å². The SMILES string of the molecule is CCOC(=O)c1cc(CC)sc1Nc1nc2ccccc2nc1N1CCN(C/C=C/c2ccccc2)CC1. The lowest BCUT2D eigenvalue weighted by Gasteiger charge is -2.35. The molecule has 1 fully saturated rings. The Labute approximate surface area is 227 Å². The number of para-hydroxylation sites is 2. The highest BCUT2D eigenvalue weighted by molar-refractivity contribution is 7.16. The van der Waals surface area contributed by atoms with Crippen molar-refractivity contribution in [3.05, 3.63) is 82.7 Å². The summed E-state index contributed by atoms with van der Waals surface area (Å²) in [7, 11) is 0. The van der Waals surface area contributed by atoms with E-state index in [-0.39, 0.29) is 5.97 Å². The number of benzene rings is 2. The number of hydrogen-bond acceptors (Lipinski definition) is 8. The highest BCUT2D eigenvalue weighted by Crippen LogP contribution is 2.35. The Hall–Kier alpha value is -3.75. The number of thiophene rings is 1. The zero-order valence-corrected chi connectivity index (χ0v) is 22.7. The van der Waals surface area contributed by atoms with Gasteiger partial charge in [0.1, 0.15) is 5.00 Å². The molecule has 3 heterocycles. The summed E-state index contributed by atoms with van der Waals surface area (Å²) in [5.74, 6) is 1.15. The minimum Gasteiger partial charge on any atom is -0.462 e. The number of ether oxygens (including phenoxy) is 1. The van der Waals surface area contributed by atoms with E-state index in [0.29, 0.717) is 18.0 Å². The fraction of sp³-hybridized carbons (Fsp3) is 0.300. The molecule has 8 heteroatoms. The summed E-state index contributed by atoms with van der Waals surface area (Å²) in [4.78, 5) is 28.5. The van der Waals surface area contributed by atoms with Crippen LogP contribution in [-0.2, 0) is 11.2 Å². The molecule has 4 aromatic rings. The van der Waals surface area contributed by atoms with Crippen LogP contribution in [0.1, 0.15) is 34.6 Å². The van der Waals surface area contributed by atoms with Crippen LogP contribution >= 0.6 is 11.3 Å². The lowest BCUT2D eigenvalue weighted by molar-refractivity contribution is 0.0528. The maximum Gasteiger partial charge on any atom is 0.341 e. The van der Waals surface area contributed by atoms with Crippen molar-refractivity contribution in [2.75, 3.05) is 49.5 Å². The van der Waals surface area contributed by atoms with E-state index in [1.165, 1.54) is 5.56 Å². The first-order valence-corrected chi connectivity index (χ1v) is 14.0. The third kappa shape index (κ3) is 6.03. The third-order valence-corrected chi connectivity index (χ3v) is 7.75. The Morgan fingerprint density at radius 2 is 1.71 bits per heavy atom. The zero-order chi connectivity index (χ0) is 26.3. The van der Waals surface area contributed by atoms with Gasteiger partial charge in [0.05, 0.1) is 23.2 Å². The molecule has 0 saturated carbocycles. The average Bonchev–Trinajstić information content (AvgIpc) is 3.37. The summed E-state index contributed by atoms with van der Waals surface area (Å²) in [5, 5.41) is 4.21. The maximum atomic E-state index is 12.7. The van der Waals surface area contributed by atoms with E-state index in [1.807, 2.05) is 43.3 Å². The molecule has 2 aromatic carbocycles. The van der Waals surface area contributed by atoms with Crippen LogP contribution in [-0.4, -0.2) is 60.2 Å². The molecular formula is C30H33N5O2S. The van der Waals surface area contributed by atoms with Crippen molar-refractivity contribution >= 4 is 51.1 Å². The highest BCUT2D eigenvalue weighted by Gasteiger charge is 2.24. The first-order chi connectivity index (χ1) is 18.6. The Morgan fingerprint density at radius 3 is 2.42 bits per heavy atom. The lowest BCUT2D eigenvalue weighted by Crippen LogP contribution is -2.46. The molecule has 1 saturated heterocycles. The van der Waals surface area contributed by atoms with Crippen molar-refractivity contribution < 1.29 is 9.53 Å². The molecule has 1 aliphatic rings. The van der Waals surface area contributed by atoms with E-state index < -0.39 is 0 Å². The van der Waals surface area contributed by atoms with Crippen LogP contribution in [0.3, 0.4) is 0 Å². The molecule has 0 unspecified atom stereocenters. The number of anilines is 3. The number of aromatic nitrogens is 2. The van der Waals surface area contributed by atoms with Crippen LogP contribution in [0.4, 0.5) is 16.6 Å². The molecule has 0 spiro atoms. The van der Waals surface area contributed by atoms with Gasteiger partial charge in [-0.2, -0.15) is 0 Å². The largest absolute Gasteiger partial charge is 0.462 e. The lowest BCUT2D eigenvalue weighted by atomic mass is 10.2. The zero-order valence-electron chi connectivity index (χ0n) is 21.9. The van der Waals surface area contributed by atoms with E-state index in [9.17, 15) is 4.79 Å². The number of fused-ring (bicyclic) bond motifs is 1. The van der Waals surface area contributed by atoms with Gasteiger partial charge in [0.15, 0.2) is 11.6 Å². The van der Waals surface area contributed by atoms with Gasteiger partial charge in [-0.3, -0.25) is 4.90 Å². The van der Waals surface area contributed by atoms with Gasteiger partial charge in [-0.25, -0.2) is 14.8 Å². The molecule has 38 heavy (non-hydrogen) atoms. The summed E-state index contributed by atoms with van der Waals surface area (Å²) < 4.78 is 5.32. The van der Waals surface area contributed by atoms with Gasteiger partial charge in [0, 0.05) is 37.6 Å². The molecule has 196 valence electrons. The second-order valence-electron chi connectivity index (χ2n) is 9.14. The smallest absolute Gasteiger partial charge is 0.341 e. The quantitative estimate of drug-likeness (QED) is 0.267. The minimum atomic E-state index is -0.321. The molecule has 1 aliphatic heterocycles. The third-order valence-electron chi connectivity index (χ3n) is 6.56. The van der Waals surface area contributed by atoms with Gasteiger partial charge in [0.2, 0.25) is 0 Å². The first-order valence-electron chi connectivity index (χ1n) is 13.2. The van der Waals surface area contributed by atoms with Gasteiger partial charge in [-0.15, -0.1) is 11.3 Å². The molecule has 0 atom stereocenters. The number of hydrogen-bond donors (Lipinski definition) is 1. The van der Waals surface area contributed by atoms with E-state index in [0.717, 1.165) is 65.9 Å². The molecular weight excluding hydrogens is 494 g/mol. The number of aryl methyl sites for hydroxylation is 1. The number of carbonyl (C=O) groups is 1. The number of rotatable bonds is 9. The van der Waals surface area contributed by atoms with Crippen molar-refractivity contribution in [1.82, 2.24) is 14.9 Å². The Kier molecular flexibility index (Phi) is 8.31. The molecule has 0 amide bonds. The minimum absolute atomic E-state index is 0.321. The number of carbonyl (C=O) groups excluding carboxylic acids is 1. The fourth-order valence-corrected chi connectivity index (χ4v) is 5.50. The topological polar surface area (TPSA) is 70.6 Å². The maximum absolute atomic E-state index is 12.7. The van der Waals surface area contributed by atoms with Crippen LogP contribution in [0.2, 0.25) is 0 Å². The van der Waals surface area contributed by atoms with Gasteiger partial charge < -0.3 is 15.0 Å². The van der Waals surface area contributed by atoms with Crippen LogP contribution in [0, 0.1) is 0 Å². The Balaban J connectivity index is 1.36. The summed E-state index contributed by atoms with van der Waals surface area (Å²) in [6.45, 7) is 8.70. The number of nitrogens with zero attached hydrogens (tertiary/aromatic N) is 4. The van der Waals surface area contributed by atoms with Crippen LogP contribution in [0.5, 0.6) is 0 Å². The molecule has 5 rings (SSSR count). The van der Waals surface area contributed by atoms with Crippen molar-refractivity contribution in [2.24, 2.45) is 0 Å². The van der Waals surface area contributed by atoms with E-state index >= 15 is 0 Å². The van der Waals surface area contributed by atoms with E-state index in [1.54, 1.807) is 11.3 Å². The van der Waals surface area contributed by atoms with Gasteiger partial charge in [-0.05, 0) is 37.1 Å². The number of nitrogens with one attached hydrogen (secondary N) is 1. The molecule has 2 aromatic heterocycles. The summed E-state index contributed by atoms with van der Waals surface area (Å²) in [6.07, 6.45) is 5.25. The predicted octanol–water partition coefficient (Wildman–Crippen LogP) is 6.01. The summed E-state index contributed by atoms with van der Waals surface area (Å²) in [6, 6.07) is 20.2. The molecule has 1 N–H and O–H groups in total. The second-order valence-corrected chi connectivity index (χ2v) is 10.3.